The molecule has 2 aromatic carbocycles. The molecular formula is C17H16FNO. The van der Waals surface area contributed by atoms with Crippen LogP contribution in [0.1, 0.15) is 29.0 Å². The van der Waals surface area contributed by atoms with Crippen LogP contribution in [0.5, 0.6) is 0 Å². The van der Waals surface area contributed by atoms with Crippen molar-refractivity contribution in [2.45, 2.75) is 19.3 Å². The van der Waals surface area contributed by atoms with Crippen molar-refractivity contribution in [2.75, 3.05) is 0 Å². The average molecular weight is 269 g/mol. The normalized spacial score (nSPS) is 21.8. The van der Waals surface area contributed by atoms with E-state index in [-0.39, 0.29) is 11.7 Å². The highest BCUT2D eigenvalue weighted by Gasteiger charge is 2.42. The van der Waals surface area contributed by atoms with Crippen molar-refractivity contribution in [3.05, 3.63) is 71.0 Å². The number of nitrogens with zero attached hydrogens (tertiary/aromatic N) is 1. The first kappa shape index (κ1) is 12.9. The molecule has 0 bridgehead atoms. The maximum atomic E-state index is 12.9. The van der Waals surface area contributed by atoms with Crippen molar-refractivity contribution in [1.82, 2.24) is 0 Å². The Morgan fingerprint density at radius 1 is 1.10 bits per heavy atom. The first-order valence-electron chi connectivity index (χ1n) is 6.73. The fourth-order valence-electron chi connectivity index (χ4n) is 2.65. The molecular weight excluding hydrogens is 253 g/mol. The third kappa shape index (κ3) is 2.44. The molecule has 0 aromatic heterocycles. The van der Waals surface area contributed by atoms with Gasteiger partial charge >= 0.3 is 0 Å². The topological polar surface area (TPSA) is 32.6 Å². The molecule has 2 atom stereocenters. The molecule has 1 N–H and O–H groups in total. The Labute approximate surface area is 117 Å². The van der Waals surface area contributed by atoms with Crippen LogP contribution < -0.4 is 0 Å². The minimum atomic E-state index is -0.281. The molecule has 1 aliphatic rings. The molecule has 102 valence electrons. The Kier molecular flexibility index (Phi) is 3.26. The van der Waals surface area contributed by atoms with Gasteiger partial charge in [0.05, 0.1) is 5.71 Å². The summed E-state index contributed by atoms with van der Waals surface area (Å²) in [7, 11) is 0. The molecule has 0 aliphatic heterocycles. The van der Waals surface area contributed by atoms with Crippen LogP contribution in [0.2, 0.25) is 0 Å². The predicted octanol–water partition coefficient (Wildman–Crippen LogP) is 4.12. The molecule has 1 fully saturated rings. The number of aryl methyl sites for hydroxylation is 1. The summed E-state index contributed by atoms with van der Waals surface area (Å²) in [6.45, 7) is 2.06. The summed E-state index contributed by atoms with van der Waals surface area (Å²) < 4.78 is 12.9. The van der Waals surface area contributed by atoms with Crippen LogP contribution in [-0.4, -0.2) is 10.9 Å². The van der Waals surface area contributed by atoms with Gasteiger partial charge in [-0.25, -0.2) is 4.39 Å². The molecule has 0 heterocycles. The van der Waals surface area contributed by atoms with Crippen LogP contribution in [0.4, 0.5) is 4.39 Å². The Morgan fingerprint density at radius 2 is 1.75 bits per heavy atom. The average Bonchev–Trinajstić information content (AvgIpc) is 3.23. The van der Waals surface area contributed by atoms with Crippen LogP contribution in [0.25, 0.3) is 0 Å². The summed E-state index contributed by atoms with van der Waals surface area (Å²) in [5.74, 6) is 0.330. The Balaban J connectivity index is 1.80. The maximum Gasteiger partial charge on any atom is 0.123 e. The first-order chi connectivity index (χ1) is 9.69. The number of halogens is 1. The van der Waals surface area contributed by atoms with Gasteiger partial charge in [-0.3, -0.25) is 0 Å². The largest absolute Gasteiger partial charge is 0.411 e. The molecule has 3 heteroatoms. The highest BCUT2D eigenvalue weighted by molar-refractivity contribution is 6.04. The van der Waals surface area contributed by atoms with Crippen LogP contribution in [0.15, 0.2) is 53.7 Å². The fraction of sp³-hybridized carbons (Fsp3) is 0.235. The second kappa shape index (κ2) is 5.08. The summed E-state index contributed by atoms with van der Waals surface area (Å²) in [6.07, 6.45) is 0.972. The van der Waals surface area contributed by atoms with Gasteiger partial charge in [0.25, 0.3) is 0 Å². The molecule has 1 aliphatic carbocycles. The van der Waals surface area contributed by atoms with E-state index in [4.69, 9.17) is 0 Å². The van der Waals surface area contributed by atoms with Gasteiger partial charge in [-0.15, -0.1) is 0 Å². The monoisotopic (exact) mass is 269 g/mol. The van der Waals surface area contributed by atoms with Gasteiger partial charge in [0.15, 0.2) is 0 Å². The molecule has 0 amide bonds. The van der Waals surface area contributed by atoms with E-state index in [1.807, 2.05) is 0 Å². The molecule has 0 spiro atoms. The van der Waals surface area contributed by atoms with Crippen molar-refractivity contribution in [2.24, 2.45) is 11.1 Å². The van der Waals surface area contributed by atoms with E-state index < -0.39 is 0 Å². The zero-order valence-electron chi connectivity index (χ0n) is 11.3. The molecule has 0 unspecified atom stereocenters. The van der Waals surface area contributed by atoms with Gasteiger partial charge in [0.1, 0.15) is 5.82 Å². The van der Waals surface area contributed by atoms with Crippen LogP contribution in [-0.2, 0) is 0 Å². The lowest BCUT2D eigenvalue weighted by Gasteiger charge is -2.05. The predicted molar refractivity (Wildman–Crippen MR) is 76.8 cm³/mol. The zero-order chi connectivity index (χ0) is 14.1. The van der Waals surface area contributed by atoms with Gasteiger partial charge in [0, 0.05) is 5.92 Å². The maximum absolute atomic E-state index is 12.9. The van der Waals surface area contributed by atoms with Gasteiger partial charge in [0.2, 0.25) is 0 Å². The third-order valence-electron chi connectivity index (χ3n) is 3.89. The standard InChI is InChI=1S/C17H16FNO/c1-11-2-4-12(5-3-11)15-10-16(15)17(19-20)13-6-8-14(18)9-7-13/h2-9,15-16,20H,10H2,1H3/b19-17-/t15-,16+/m0/s1. The smallest absolute Gasteiger partial charge is 0.123 e. The Hall–Kier alpha value is -2.16. The van der Waals surface area contributed by atoms with E-state index in [0.29, 0.717) is 11.6 Å². The third-order valence-corrected chi connectivity index (χ3v) is 3.89. The number of hydrogen-bond donors (Lipinski definition) is 1. The summed E-state index contributed by atoms with van der Waals surface area (Å²) in [5.41, 5.74) is 3.94. The van der Waals surface area contributed by atoms with Crippen LogP contribution in [0, 0.1) is 18.7 Å². The van der Waals surface area contributed by atoms with E-state index in [1.54, 1.807) is 12.1 Å². The van der Waals surface area contributed by atoms with E-state index >= 15 is 0 Å². The van der Waals surface area contributed by atoms with E-state index in [0.717, 1.165) is 12.0 Å². The SMILES string of the molecule is Cc1ccc([C@@H]2C[C@H]2/C(=N\O)c2ccc(F)cc2)cc1. The quantitative estimate of drug-likeness (QED) is 0.507. The highest BCUT2D eigenvalue weighted by atomic mass is 19.1. The van der Waals surface area contributed by atoms with E-state index in [1.165, 1.54) is 23.3 Å². The van der Waals surface area contributed by atoms with Gasteiger partial charge in [-0.05, 0) is 42.5 Å². The number of hydrogen-bond acceptors (Lipinski definition) is 2. The van der Waals surface area contributed by atoms with Crippen molar-refractivity contribution in [1.29, 1.82) is 0 Å². The van der Waals surface area contributed by atoms with Crippen molar-refractivity contribution < 1.29 is 9.60 Å². The Bertz CT molecular complexity index is 631. The minimum absolute atomic E-state index is 0.216. The molecule has 0 radical (unpaired) electrons. The van der Waals surface area contributed by atoms with Crippen LogP contribution >= 0.6 is 0 Å². The summed E-state index contributed by atoms with van der Waals surface area (Å²) in [5, 5.41) is 12.7. The lowest BCUT2D eigenvalue weighted by atomic mass is 10.0. The Morgan fingerprint density at radius 3 is 2.35 bits per heavy atom. The van der Waals surface area contributed by atoms with Crippen molar-refractivity contribution in [3.63, 3.8) is 0 Å². The number of rotatable bonds is 3. The van der Waals surface area contributed by atoms with E-state index in [2.05, 4.69) is 36.3 Å². The second-order valence-corrected chi connectivity index (χ2v) is 5.35. The lowest BCUT2D eigenvalue weighted by Crippen LogP contribution is -2.05. The number of benzene rings is 2. The van der Waals surface area contributed by atoms with Crippen LogP contribution in [0.3, 0.4) is 0 Å². The summed E-state index contributed by atoms with van der Waals surface area (Å²) in [6, 6.07) is 14.5. The summed E-state index contributed by atoms with van der Waals surface area (Å²) in [4.78, 5) is 0. The molecule has 1 saturated carbocycles. The van der Waals surface area contributed by atoms with Gasteiger partial charge < -0.3 is 5.21 Å². The first-order valence-corrected chi connectivity index (χ1v) is 6.73. The van der Waals surface area contributed by atoms with Crippen molar-refractivity contribution in [3.8, 4) is 0 Å². The molecule has 2 aromatic rings. The van der Waals surface area contributed by atoms with Gasteiger partial charge in [-0.2, -0.15) is 0 Å². The van der Waals surface area contributed by atoms with Gasteiger partial charge in [-0.1, -0.05) is 47.1 Å². The number of oxime groups is 1. The highest BCUT2D eigenvalue weighted by Crippen LogP contribution is 2.49. The second-order valence-electron chi connectivity index (χ2n) is 5.35. The minimum Gasteiger partial charge on any atom is -0.411 e. The summed E-state index contributed by atoms with van der Waals surface area (Å²) >= 11 is 0. The zero-order valence-corrected chi connectivity index (χ0v) is 11.3. The molecule has 0 saturated heterocycles. The molecule has 20 heavy (non-hydrogen) atoms. The molecule has 3 rings (SSSR count). The van der Waals surface area contributed by atoms with Crippen molar-refractivity contribution >= 4 is 5.71 Å². The molecule has 2 nitrogen and oxygen atoms in total. The fourth-order valence-corrected chi connectivity index (χ4v) is 2.65. The lowest BCUT2D eigenvalue weighted by molar-refractivity contribution is 0.317. The van der Waals surface area contributed by atoms with E-state index in [9.17, 15) is 9.60 Å².